The molecule has 1 aliphatic rings. The first-order valence-electron chi connectivity index (χ1n) is 10.7. The zero-order valence-electron chi connectivity index (χ0n) is 17.9. The van der Waals surface area contributed by atoms with Crippen LogP contribution in [0.2, 0.25) is 0 Å². The van der Waals surface area contributed by atoms with Gasteiger partial charge in [-0.15, -0.1) is 11.3 Å². The molecular weight excluding hydrogens is 483 g/mol. The van der Waals surface area contributed by atoms with Crippen LogP contribution in [0.1, 0.15) is 42.9 Å². The zero-order chi connectivity index (χ0) is 24.1. The molecule has 0 unspecified atom stereocenters. The van der Waals surface area contributed by atoms with Gasteiger partial charge >= 0.3 is 6.18 Å². The van der Waals surface area contributed by atoms with E-state index in [0.717, 1.165) is 51.9 Å². The molecule has 0 spiro atoms. The summed E-state index contributed by atoms with van der Waals surface area (Å²) < 4.78 is 67.5. The Kier molecular flexibility index (Phi) is 5.60. The van der Waals surface area contributed by atoms with Crippen LogP contribution in [0.4, 0.5) is 13.2 Å². The van der Waals surface area contributed by atoms with Gasteiger partial charge in [0, 0.05) is 28.7 Å². The molecule has 4 aromatic rings. The molecule has 176 valence electrons. The Bertz CT molecular complexity index is 1480. The van der Waals surface area contributed by atoms with Crippen molar-refractivity contribution in [2.24, 2.45) is 0 Å². The fourth-order valence-electron chi connectivity index (χ4n) is 4.27. The van der Waals surface area contributed by atoms with Crippen molar-refractivity contribution in [3.8, 4) is 10.6 Å². The Hall–Kier alpha value is -2.98. The topological polar surface area (TPSA) is 64.8 Å². The largest absolute Gasteiger partial charge is 0.434 e. The van der Waals surface area contributed by atoms with Crippen LogP contribution in [0, 0.1) is 0 Å². The second-order valence-electron chi connectivity index (χ2n) is 8.36. The molecule has 1 aliphatic carbocycles. The Morgan fingerprint density at radius 2 is 1.82 bits per heavy atom. The molecule has 34 heavy (non-hydrogen) atoms. The van der Waals surface area contributed by atoms with Crippen LogP contribution >= 0.6 is 11.3 Å². The van der Waals surface area contributed by atoms with Crippen molar-refractivity contribution >= 4 is 32.4 Å². The molecule has 0 aliphatic heterocycles. The summed E-state index contributed by atoms with van der Waals surface area (Å²) in [6.45, 7) is 4.04. The summed E-state index contributed by atoms with van der Waals surface area (Å²) in [5.41, 5.74) is 1.60. The summed E-state index contributed by atoms with van der Waals surface area (Å²) in [6.07, 6.45) is 2.02. The third-order valence-corrected chi connectivity index (χ3v) is 8.66. The van der Waals surface area contributed by atoms with E-state index in [4.69, 9.17) is 0 Å². The van der Waals surface area contributed by atoms with E-state index in [0.29, 0.717) is 10.9 Å². The highest BCUT2D eigenvalue weighted by atomic mass is 32.2. The first-order valence-corrected chi connectivity index (χ1v) is 13.0. The number of alkyl halides is 3. The molecule has 1 aromatic carbocycles. The molecule has 3 aromatic heterocycles. The lowest BCUT2D eigenvalue weighted by atomic mass is 9.82. The molecule has 1 saturated carbocycles. The highest BCUT2D eigenvalue weighted by Gasteiger charge is 2.34. The van der Waals surface area contributed by atoms with E-state index < -0.39 is 21.9 Å². The number of allylic oxidation sites excluding steroid dienone is 1. The SMILES string of the molecule is C=C1CCC(c2cnc3c(c2)c(-c2nc(C(F)(F)F)cs2)cn3S(=O)(=O)c2ccccc2)CC1. The van der Waals surface area contributed by atoms with E-state index in [2.05, 4.69) is 16.5 Å². The normalized spacial score (nSPS) is 15.8. The minimum atomic E-state index is -4.59. The van der Waals surface area contributed by atoms with Gasteiger partial charge in [0.2, 0.25) is 0 Å². The molecule has 10 heteroatoms. The van der Waals surface area contributed by atoms with Gasteiger partial charge in [-0.3, -0.25) is 0 Å². The van der Waals surface area contributed by atoms with E-state index in [1.165, 1.54) is 23.9 Å². The van der Waals surface area contributed by atoms with E-state index in [1.54, 1.807) is 24.4 Å². The Morgan fingerprint density at radius 3 is 2.47 bits per heavy atom. The molecule has 0 saturated heterocycles. The van der Waals surface area contributed by atoms with Crippen LogP contribution in [0.15, 0.2) is 71.2 Å². The summed E-state index contributed by atoms with van der Waals surface area (Å²) in [7, 11) is -4.02. The maximum Gasteiger partial charge on any atom is 0.434 e. The number of rotatable bonds is 4. The third kappa shape index (κ3) is 4.05. The summed E-state index contributed by atoms with van der Waals surface area (Å²) in [5.74, 6) is 0.228. The number of thiazole rings is 1. The van der Waals surface area contributed by atoms with Gasteiger partial charge in [0.1, 0.15) is 5.01 Å². The fraction of sp³-hybridized carbons (Fsp3) is 0.250. The molecular formula is C24H20F3N3O2S2. The minimum absolute atomic E-state index is 0.0604. The molecule has 0 bridgehead atoms. The van der Waals surface area contributed by atoms with E-state index in [9.17, 15) is 21.6 Å². The van der Waals surface area contributed by atoms with Gasteiger partial charge in [-0.25, -0.2) is 22.4 Å². The van der Waals surface area contributed by atoms with Gasteiger partial charge in [0.05, 0.1) is 4.90 Å². The Labute approximate surface area is 198 Å². The summed E-state index contributed by atoms with van der Waals surface area (Å²) in [5, 5.41) is 1.49. The van der Waals surface area contributed by atoms with E-state index in [-0.39, 0.29) is 21.5 Å². The highest BCUT2D eigenvalue weighted by Crippen LogP contribution is 2.40. The first-order chi connectivity index (χ1) is 16.1. The van der Waals surface area contributed by atoms with Crippen LogP contribution in [0.25, 0.3) is 21.6 Å². The Morgan fingerprint density at radius 1 is 1.12 bits per heavy atom. The second kappa shape index (κ2) is 8.35. The molecule has 1 fully saturated rings. The lowest BCUT2D eigenvalue weighted by molar-refractivity contribution is -0.140. The van der Waals surface area contributed by atoms with Crippen molar-refractivity contribution in [3.05, 3.63) is 77.6 Å². The predicted molar refractivity (Wildman–Crippen MR) is 125 cm³/mol. The van der Waals surface area contributed by atoms with Crippen LogP contribution < -0.4 is 0 Å². The second-order valence-corrected chi connectivity index (χ2v) is 11.0. The van der Waals surface area contributed by atoms with E-state index >= 15 is 0 Å². The Balaban J connectivity index is 1.69. The van der Waals surface area contributed by atoms with Gasteiger partial charge in [-0.05, 0) is 55.4 Å². The number of pyridine rings is 1. The van der Waals surface area contributed by atoms with Crippen LogP contribution in [-0.2, 0) is 16.2 Å². The van der Waals surface area contributed by atoms with Crippen molar-refractivity contribution < 1.29 is 21.6 Å². The van der Waals surface area contributed by atoms with Gasteiger partial charge in [-0.2, -0.15) is 13.2 Å². The minimum Gasteiger partial charge on any atom is -0.237 e. The zero-order valence-corrected chi connectivity index (χ0v) is 19.6. The van der Waals surface area contributed by atoms with Crippen LogP contribution in [0.5, 0.6) is 0 Å². The lowest BCUT2D eigenvalue weighted by Gasteiger charge is -2.23. The fourth-order valence-corrected chi connectivity index (χ4v) is 6.46. The lowest BCUT2D eigenvalue weighted by Crippen LogP contribution is -2.12. The van der Waals surface area contributed by atoms with Crippen molar-refractivity contribution in [2.75, 3.05) is 0 Å². The van der Waals surface area contributed by atoms with Gasteiger partial charge in [-0.1, -0.05) is 30.4 Å². The number of hydrogen-bond donors (Lipinski definition) is 0. The maximum atomic E-state index is 13.4. The highest BCUT2D eigenvalue weighted by molar-refractivity contribution is 7.90. The van der Waals surface area contributed by atoms with Crippen LogP contribution in [0.3, 0.4) is 0 Å². The number of halogens is 3. The van der Waals surface area contributed by atoms with Crippen molar-refractivity contribution in [1.29, 1.82) is 0 Å². The van der Waals surface area contributed by atoms with Crippen molar-refractivity contribution in [3.63, 3.8) is 0 Å². The number of benzene rings is 1. The quantitative estimate of drug-likeness (QED) is 0.293. The molecule has 0 amide bonds. The standard InChI is InChI=1S/C24H20F3N3O2S2/c1-15-7-9-16(10-8-15)17-11-19-20(23-29-21(14-33-23)24(25,26)27)13-30(22(19)28-12-17)34(31,32)18-5-3-2-4-6-18/h2-6,11-14,16H,1,7-10H2. The first kappa shape index (κ1) is 22.8. The third-order valence-electron chi connectivity index (χ3n) is 6.12. The molecule has 5 rings (SSSR count). The summed E-state index contributed by atoms with van der Waals surface area (Å²) in [4.78, 5) is 8.31. The van der Waals surface area contributed by atoms with Crippen LogP contribution in [-0.4, -0.2) is 22.4 Å². The smallest absolute Gasteiger partial charge is 0.237 e. The summed E-state index contributed by atoms with van der Waals surface area (Å²) in [6, 6.07) is 9.71. The molecule has 0 N–H and O–H groups in total. The summed E-state index contributed by atoms with van der Waals surface area (Å²) >= 11 is 0.827. The number of aromatic nitrogens is 3. The van der Waals surface area contributed by atoms with Crippen molar-refractivity contribution in [1.82, 2.24) is 13.9 Å². The monoisotopic (exact) mass is 503 g/mol. The van der Waals surface area contributed by atoms with Crippen molar-refractivity contribution in [2.45, 2.75) is 42.7 Å². The number of fused-ring (bicyclic) bond motifs is 1. The number of nitrogens with zero attached hydrogens (tertiary/aromatic N) is 3. The average Bonchev–Trinajstić information content (AvgIpc) is 3.45. The number of hydrogen-bond acceptors (Lipinski definition) is 5. The maximum absolute atomic E-state index is 13.4. The van der Waals surface area contributed by atoms with Gasteiger partial charge in [0.15, 0.2) is 11.3 Å². The molecule has 3 heterocycles. The van der Waals surface area contributed by atoms with Gasteiger partial charge in [0.25, 0.3) is 10.0 Å². The molecule has 0 atom stereocenters. The van der Waals surface area contributed by atoms with Gasteiger partial charge < -0.3 is 0 Å². The predicted octanol–water partition coefficient (Wildman–Crippen LogP) is 6.63. The average molecular weight is 504 g/mol. The molecule has 0 radical (unpaired) electrons. The van der Waals surface area contributed by atoms with E-state index in [1.807, 2.05) is 6.07 Å². The molecule has 5 nitrogen and oxygen atoms in total.